The maximum absolute atomic E-state index is 12.4. The quantitative estimate of drug-likeness (QED) is 0.822. The molecule has 4 heteroatoms. The third-order valence-corrected chi connectivity index (χ3v) is 6.15. The van der Waals surface area contributed by atoms with Gasteiger partial charge >= 0.3 is 0 Å². The van der Waals surface area contributed by atoms with Gasteiger partial charge in [-0.3, -0.25) is 4.79 Å². The van der Waals surface area contributed by atoms with E-state index in [0.717, 1.165) is 4.90 Å². The van der Waals surface area contributed by atoms with Gasteiger partial charge in [-0.25, -0.2) is 0 Å². The molecule has 5 atom stereocenters. The summed E-state index contributed by atoms with van der Waals surface area (Å²) in [6.45, 7) is 2.15. The highest BCUT2D eigenvalue weighted by Gasteiger charge is 2.47. The van der Waals surface area contributed by atoms with Crippen molar-refractivity contribution >= 4 is 17.7 Å². The molecule has 0 radical (unpaired) electrons. The molecule has 2 aliphatic carbocycles. The average Bonchev–Trinajstić information content (AvgIpc) is 3.09. The van der Waals surface area contributed by atoms with Gasteiger partial charge in [0.1, 0.15) is 0 Å². The van der Waals surface area contributed by atoms with Gasteiger partial charge in [0.05, 0.1) is 5.25 Å². The van der Waals surface area contributed by atoms with Crippen molar-refractivity contribution in [1.82, 2.24) is 5.32 Å². The zero-order chi connectivity index (χ0) is 14.8. The number of nitrogens with one attached hydrogen (secondary N) is 1. The molecule has 0 aliphatic heterocycles. The Morgan fingerprint density at radius 3 is 2.76 bits per heavy atom. The number of aliphatic hydroxyl groups is 1. The summed E-state index contributed by atoms with van der Waals surface area (Å²) in [5.74, 6) is 1.55. The van der Waals surface area contributed by atoms with E-state index in [1.165, 1.54) is 19.3 Å². The SMILES string of the molecule is CC(Sc1ccccc1)C(=O)NC1C2CCC(C2)C1CO. The first-order valence-electron chi connectivity index (χ1n) is 7.82. The topological polar surface area (TPSA) is 49.3 Å². The Kier molecular flexibility index (Phi) is 4.55. The Balaban J connectivity index is 1.58. The van der Waals surface area contributed by atoms with Crippen molar-refractivity contribution in [3.8, 4) is 0 Å². The number of fused-ring (bicyclic) bond motifs is 2. The number of carbonyl (C=O) groups is 1. The highest BCUT2D eigenvalue weighted by atomic mass is 32.2. The molecule has 21 heavy (non-hydrogen) atoms. The number of hydrogen-bond donors (Lipinski definition) is 2. The lowest BCUT2D eigenvalue weighted by molar-refractivity contribution is -0.121. The second kappa shape index (κ2) is 6.41. The Hall–Kier alpha value is -1.00. The molecule has 2 saturated carbocycles. The molecule has 1 aromatic carbocycles. The molecule has 2 fully saturated rings. The second-order valence-corrected chi connectivity index (χ2v) is 7.70. The minimum atomic E-state index is -0.106. The van der Waals surface area contributed by atoms with Gasteiger partial charge < -0.3 is 10.4 Å². The molecule has 0 aromatic heterocycles. The van der Waals surface area contributed by atoms with Crippen LogP contribution in [-0.2, 0) is 4.79 Å². The molecule has 3 nitrogen and oxygen atoms in total. The number of thioether (sulfide) groups is 1. The lowest BCUT2D eigenvalue weighted by Gasteiger charge is -2.31. The molecule has 1 amide bonds. The monoisotopic (exact) mass is 305 g/mol. The molecule has 0 spiro atoms. The molecular weight excluding hydrogens is 282 g/mol. The Morgan fingerprint density at radius 1 is 1.33 bits per heavy atom. The fraction of sp³-hybridized carbons (Fsp3) is 0.588. The molecule has 5 unspecified atom stereocenters. The zero-order valence-electron chi connectivity index (χ0n) is 12.4. The molecule has 3 rings (SSSR count). The van der Waals surface area contributed by atoms with E-state index in [4.69, 9.17) is 0 Å². The van der Waals surface area contributed by atoms with Crippen molar-refractivity contribution in [3.05, 3.63) is 30.3 Å². The fourth-order valence-electron chi connectivity index (χ4n) is 3.94. The van der Waals surface area contributed by atoms with Crippen molar-refractivity contribution in [2.75, 3.05) is 6.61 Å². The van der Waals surface area contributed by atoms with Gasteiger partial charge in [-0.1, -0.05) is 18.2 Å². The van der Waals surface area contributed by atoms with E-state index in [0.29, 0.717) is 11.8 Å². The average molecular weight is 305 g/mol. The third kappa shape index (κ3) is 3.11. The second-order valence-electron chi connectivity index (χ2n) is 6.29. The summed E-state index contributed by atoms with van der Waals surface area (Å²) >= 11 is 1.59. The van der Waals surface area contributed by atoms with E-state index in [1.807, 2.05) is 37.3 Å². The van der Waals surface area contributed by atoms with E-state index in [9.17, 15) is 9.90 Å². The van der Waals surface area contributed by atoms with Crippen LogP contribution in [0.2, 0.25) is 0 Å². The van der Waals surface area contributed by atoms with Crippen LogP contribution in [-0.4, -0.2) is 28.9 Å². The zero-order valence-corrected chi connectivity index (χ0v) is 13.2. The maximum atomic E-state index is 12.4. The number of carbonyl (C=O) groups excluding carboxylic acids is 1. The summed E-state index contributed by atoms with van der Waals surface area (Å²) in [5.41, 5.74) is 0. The summed E-state index contributed by atoms with van der Waals surface area (Å²) in [4.78, 5) is 13.5. The Labute approximate surface area is 130 Å². The first-order valence-corrected chi connectivity index (χ1v) is 8.70. The van der Waals surface area contributed by atoms with Crippen molar-refractivity contribution in [3.63, 3.8) is 0 Å². The summed E-state index contributed by atoms with van der Waals surface area (Å²) in [6.07, 6.45) is 3.60. The van der Waals surface area contributed by atoms with Crippen LogP contribution in [0.25, 0.3) is 0 Å². The molecular formula is C17H23NO2S. The number of benzene rings is 1. The lowest BCUT2D eigenvalue weighted by atomic mass is 9.85. The van der Waals surface area contributed by atoms with Gasteiger partial charge in [-0.05, 0) is 50.2 Å². The number of rotatable bonds is 5. The predicted molar refractivity (Wildman–Crippen MR) is 85.1 cm³/mol. The van der Waals surface area contributed by atoms with Crippen LogP contribution in [0.4, 0.5) is 0 Å². The van der Waals surface area contributed by atoms with Gasteiger partial charge in [0.2, 0.25) is 5.91 Å². The van der Waals surface area contributed by atoms with E-state index < -0.39 is 0 Å². The maximum Gasteiger partial charge on any atom is 0.233 e. The van der Waals surface area contributed by atoms with Crippen LogP contribution < -0.4 is 5.32 Å². The standard InChI is InChI=1S/C17H23NO2S/c1-11(21-14-5-3-2-4-6-14)17(20)18-16-13-8-7-12(9-13)15(16)10-19/h2-6,11-13,15-16,19H,7-10H2,1H3,(H,18,20). The van der Waals surface area contributed by atoms with Gasteiger partial charge in [0.25, 0.3) is 0 Å². The van der Waals surface area contributed by atoms with Gasteiger partial charge in [-0.2, -0.15) is 0 Å². The highest BCUT2D eigenvalue weighted by Crippen LogP contribution is 2.48. The largest absolute Gasteiger partial charge is 0.396 e. The first kappa shape index (κ1) is 14.9. The highest BCUT2D eigenvalue weighted by molar-refractivity contribution is 8.00. The van der Waals surface area contributed by atoms with Crippen LogP contribution in [0.1, 0.15) is 26.2 Å². The van der Waals surface area contributed by atoms with Crippen molar-refractivity contribution in [1.29, 1.82) is 0 Å². The molecule has 2 bridgehead atoms. The van der Waals surface area contributed by atoms with E-state index in [2.05, 4.69) is 5.32 Å². The fourth-order valence-corrected chi connectivity index (χ4v) is 4.83. The minimum Gasteiger partial charge on any atom is -0.396 e. The summed E-state index contributed by atoms with van der Waals surface area (Å²) in [6, 6.07) is 10.2. The summed E-state index contributed by atoms with van der Waals surface area (Å²) in [5, 5.41) is 12.7. The van der Waals surface area contributed by atoms with Gasteiger partial charge in [0.15, 0.2) is 0 Å². The Morgan fingerprint density at radius 2 is 2.05 bits per heavy atom. The van der Waals surface area contributed by atoms with Gasteiger partial charge in [0, 0.05) is 23.5 Å². The van der Waals surface area contributed by atoms with Crippen LogP contribution >= 0.6 is 11.8 Å². The molecule has 2 aliphatic rings. The predicted octanol–water partition coefficient (Wildman–Crippen LogP) is 2.69. The summed E-state index contributed by atoms with van der Waals surface area (Å²) in [7, 11) is 0. The first-order chi connectivity index (χ1) is 10.2. The molecule has 0 saturated heterocycles. The van der Waals surface area contributed by atoms with Crippen LogP contribution in [0.3, 0.4) is 0 Å². The normalized spacial score (nSPS) is 32.1. The van der Waals surface area contributed by atoms with Crippen molar-refractivity contribution in [2.24, 2.45) is 17.8 Å². The van der Waals surface area contributed by atoms with E-state index in [-0.39, 0.29) is 29.7 Å². The Bertz CT molecular complexity index is 493. The van der Waals surface area contributed by atoms with Gasteiger partial charge in [-0.15, -0.1) is 11.8 Å². The number of aliphatic hydroxyl groups excluding tert-OH is 1. The minimum absolute atomic E-state index is 0.0971. The van der Waals surface area contributed by atoms with E-state index in [1.54, 1.807) is 11.8 Å². The smallest absolute Gasteiger partial charge is 0.233 e. The molecule has 0 heterocycles. The number of amides is 1. The van der Waals surface area contributed by atoms with Crippen LogP contribution in [0.5, 0.6) is 0 Å². The number of hydrogen-bond acceptors (Lipinski definition) is 3. The van der Waals surface area contributed by atoms with Crippen LogP contribution in [0, 0.1) is 17.8 Å². The lowest BCUT2D eigenvalue weighted by Crippen LogP contribution is -2.47. The van der Waals surface area contributed by atoms with Crippen LogP contribution in [0.15, 0.2) is 35.2 Å². The summed E-state index contributed by atoms with van der Waals surface area (Å²) < 4.78 is 0. The molecule has 2 N–H and O–H groups in total. The van der Waals surface area contributed by atoms with E-state index >= 15 is 0 Å². The molecule has 114 valence electrons. The van der Waals surface area contributed by atoms with Crippen molar-refractivity contribution < 1.29 is 9.90 Å². The molecule has 1 aromatic rings. The third-order valence-electron chi connectivity index (χ3n) is 5.03. The van der Waals surface area contributed by atoms with Crippen molar-refractivity contribution in [2.45, 2.75) is 42.4 Å².